The van der Waals surface area contributed by atoms with E-state index < -0.39 is 5.91 Å². The molecular formula is C22H20N6O4. The lowest BCUT2D eigenvalue weighted by atomic mass is 10.1. The molecule has 4 amide bonds. The number of amides is 4. The van der Waals surface area contributed by atoms with Crippen LogP contribution in [0, 0.1) is 0 Å². The first-order valence-electron chi connectivity index (χ1n) is 9.90. The molecule has 2 aromatic carbocycles. The first-order valence-corrected chi connectivity index (χ1v) is 9.90. The van der Waals surface area contributed by atoms with E-state index in [9.17, 15) is 19.2 Å². The maximum Gasteiger partial charge on any atom is 0.251 e. The summed E-state index contributed by atoms with van der Waals surface area (Å²) in [6.07, 6.45) is 3.79. The van der Waals surface area contributed by atoms with Crippen molar-refractivity contribution in [1.29, 1.82) is 0 Å². The van der Waals surface area contributed by atoms with Crippen molar-refractivity contribution in [1.82, 2.24) is 20.5 Å². The summed E-state index contributed by atoms with van der Waals surface area (Å²) in [5.41, 5.74) is 4.72. The Kier molecular flexibility index (Phi) is 5.93. The monoisotopic (exact) mass is 432 g/mol. The Hall–Kier alpha value is -4.47. The zero-order valence-corrected chi connectivity index (χ0v) is 16.9. The fraction of sp³-hybridized carbons (Fsp3) is 0.136. The van der Waals surface area contributed by atoms with Crippen LogP contribution in [0.15, 0.2) is 67.0 Å². The van der Waals surface area contributed by atoms with Crippen molar-refractivity contribution in [2.75, 3.05) is 16.9 Å². The van der Waals surface area contributed by atoms with Crippen LogP contribution in [0.25, 0.3) is 5.69 Å². The van der Waals surface area contributed by atoms with Crippen molar-refractivity contribution in [3.8, 4) is 5.69 Å². The summed E-state index contributed by atoms with van der Waals surface area (Å²) < 4.78 is 1.70. The zero-order chi connectivity index (χ0) is 22.5. The lowest BCUT2D eigenvalue weighted by Crippen LogP contribution is -2.50. The molecule has 0 unspecified atom stereocenters. The highest BCUT2D eigenvalue weighted by Crippen LogP contribution is 2.18. The van der Waals surface area contributed by atoms with Crippen LogP contribution in [0.4, 0.5) is 11.4 Å². The van der Waals surface area contributed by atoms with Crippen LogP contribution >= 0.6 is 0 Å². The SMILES string of the molecule is O=C(CNC(=O)c1ccc(N2NC(=O)CCC2=O)cc1)Nc1ccc(-n2cccn2)cc1. The quantitative estimate of drug-likeness (QED) is 0.543. The van der Waals surface area contributed by atoms with Crippen molar-refractivity contribution in [3.63, 3.8) is 0 Å². The van der Waals surface area contributed by atoms with Gasteiger partial charge in [-0.15, -0.1) is 0 Å². The van der Waals surface area contributed by atoms with E-state index in [1.165, 1.54) is 17.1 Å². The molecule has 0 radical (unpaired) electrons. The number of hydrogen-bond donors (Lipinski definition) is 3. The second kappa shape index (κ2) is 9.13. The van der Waals surface area contributed by atoms with Gasteiger partial charge in [-0.25, -0.2) is 9.69 Å². The van der Waals surface area contributed by atoms with Gasteiger partial charge in [-0.05, 0) is 54.6 Å². The fourth-order valence-corrected chi connectivity index (χ4v) is 3.13. The molecule has 1 aliphatic heterocycles. The van der Waals surface area contributed by atoms with Gasteiger partial charge < -0.3 is 10.6 Å². The number of rotatable bonds is 6. The normalized spacial score (nSPS) is 13.4. The summed E-state index contributed by atoms with van der Waals surface area (Å²) in [6, 6.07) is 15.1. The van der Waals surface area contributed by atoms with E-state index >= 15 is 0 Å². The van der Waals surface area contributed by atoms with E-state index in [0.29, 0.717) is 16.9 Å². The molecule has 4 rings (SSSR count). The number of benzene rings is 2. The summed E-state index contributed by atoms with van der Waals surface area (Å²) >= 11 is 0. The number of carbonyl (C=O) groups is 4. The largest absolute Gasteiger partial charge is 0.343 e. The second-order valence-electron chi connectivity index (χ2n) is 7.04. The predicted octanol–water partition coefficient (Wildman–Crippen LogP) is 1.40. The molecule has 10 nitrogen and oxygen atoms in total. The third-order valence-corrected chi connectivity index (χ3v) is 4.77. The second-order valence-corrected chi connectivity index (χ2v) is 7.04. The van der Waals surface area contributed by atoms with Gasteiger partial charge in [0.2, 0.25) is 17.7 Å². The Morgan fingerprint density at radius 2 is 1.69 bits per heavy atom. The van der Waals surface area contributed by atoms with Crippen LogP contribution in [-0.4, -0.2) is 40.0 Å². The van der Waals surface area contributed by atoms with E-state index in [1.54, 1.807) is 35.1 Å². The topological polar surface area (TPSA) is 125 Å². The molecule has 1 aromatic heterocycles. The number of hydrogen-bond acceptors (Lipinski definition) is 5. The van der Waals surface area contributed by atoms with Crippen molar-refractivity contribution in [2.24, 2.45) is 0 Å². The Bertz CT molecular complexity index is 1140. The van der Waals surface area contributed by atoms with Crippen LogP contribution in [0.3, 0.4) is 0 Å². The van der Waals surface area contributed by atoms with Gasteiger partial charge in [0.1, 0.15) is 0 Å². The Labute approximate surface area is 183 Å². The summed E-state index contributed by atoms with van der Waals surface area (Å²) in [6.45, 7) is -0.206. The lowest BCUT2D eigenvalue weighted by Gasteiger charge is -2.27. The van der Waals surface area contributed by atoms with Crippen LogP contribution < -0.4 is 21.1 Å². The first kappa shape index (κ1) is 20.8. The van der Waals surface area contributed by atoms with Crippen LogP contribution in [0.1, 0.15) is 23.2 Å². The predicted molar refractivity (Wildman–Crippen MR) is 116 cm³/mol. The van der Waals surface area contributed by atoms with Crippen LogP contribution in [0.5, 0.6) is 0 Å². The van der Waals surface area contributed by atoms with Crippen molar-refractivity contribution < 1.29 is 19.2 Å². The average molecular weight is 432 g/mol. The average Bonchev–Trinajstić information content (AvgIpc) is 3.35. The maximum atomic E-state index is 12.3. The summed E-state index contributed by atoms with van der Waals surface area (Å²) in [4.78, 5) is 47.9. The van der Waals surface area contributed by atoms with Gasteiger partial charge in [-0.3, -0.25) is 24.6 Å². The molecule has 0 bridgehead atoms. The number of nitrogens with one attached hydrogen (secondary N) is 3. The number of carbonyl (C=O) groups excluding carboxylic acids is 4. The highest BCUT2D eigenvalue weighted by molar-refractivity contribution is 6.02. The maximum absolute atomic E-state index is 12.3. The molecule has 0 atom stereocenters. The smallest absolute Gasteiger partial charge is 0.251 e. The minimum absolute atomic E-state index is 0.134. The van der Waals surface area contributed by atoms with Gasteiger partial charge in [-0.2, -0.15) is 5.10 Å². The van der Waals surface area contributed by atoms with Crippen LogP contribution in [0.2, 0.25) is 0 Å². The molecule has 1 aliphatic rings. The van der Waals surface area contributed by atoms with E-state index in [1.807, 2.05) is 24.4 Å². The van der Waals surface area contributed by atoms with E-state index in [2.05, 4.69) is 21.2 Å². The highest BCUT2D eigenvalue weighted by atomic mass is 16.2. The minimum Gasteiger partial charge on any atom is -0.343 e. The first-order chi connectivity index (χ1) is 15.5. The van der Waals surface area contributed by atoms with Crippen molar-refractivity contribution in [2.45, 2.75) is 12.8 Å². The molecule has 3 N–H and O–H groups in total. The van der Waals surface area contributed by atoms with Gasteiger partial charge in [0, 0.05) is 36.5 Å². The highest BCUT2D eigenvalue weighted by Gasteiger charge is 2.24. The summed E-state index contributed by atoms with van der Waals surface area (Å²) in [7, 11) is 0. The van der Waals surface area contributed by atoms with Gasteiger partial charge >= 0.3 is 0 Å². The van der Waals surface area contributed by atoms with E-state index in [-0.39, 0.29) is 37.1 Å². The molecule has 10 heteroatoms. The minimum atomic E-state index is -0.435. The van der Waals surface area contributed by atoms with Gasteiger partial charge in [0.25, 0.3) is 5.91 Å². The van der Waals surface area contributed by atoms with Crippen molar-refractivity contribution >= 4 is 35.0 Å². The molecule has 3 aromatic rings. The molecule has 32 heavy (non-hydrogen) atoms. The van der Waals surface area contributed by atoms with Gasteiger partial charge in [-0.1, -0.05) is 0 Å². The van der Waals surface area contributed by atoms with E-state index in [0.717, 1.165) is 5.69 Å². The zero-order valence-electron chi connectivity index (χ0n) is 16.9. The Balaban J connectivity index is 1.29. The molecule has 0 saturated carbocycles. The summed E-state index contributed by atoms with van der Waals surface area (Å²) in [5.74, 6) is -1.28. The number of anilines is 2. The molecule has 0 aliphatic carbocycles. The lowest BCUT2D eigenvalue weighted by molar-refractivity contribution is -0.130. The van der Waals surface area contributed by atoms with Crippen molar-refractivity contribution in [3.05, 3.63) is 72.6 Å². The number of hydrazine groups is 1. The standard InChI is InChI=1S/C22H20N6O4/c29-19-10-11-21(31)28(26-19)18-6-2-15(3-7-18)22(32)23-14-20(30)25-16-4-8-17(9-5-16)27-13-1-12-24-27/h1-9,12-13H,10-11,14H2,(H,23,32)(H,25,30)(H,26,29). The van der Waals surface area contributed by atoms with E-state index in [4.69, 9.17) is 0 Å². The fourth-order valence-electron chi connectivity index (χ4n) is 3.13. The number of aromatic nitrogens is 2. The third-order valence-electron chi connectivity index (χ3n) is 4.77. The van der Waals surface area contributed by atoms with Gasteiger partial charge in [0.15, 0.2) is 0 Å². The summed E-state index contributed by atoms with van der Waals surface area (Å²) in [5, 5.41) is 10.6. The molecular weight excluding hydrogens is 412 g/mol. The molecule has 0 spiro atoms. The van der Waals surface area contributed by atoms with Gasteiger partial charge in [0.05, 0.1) is 17.9 Å². The molecule has 2 heterocycles. The Morgan fingerprint density at radius 3 is 2.38 bits per heavy atom. The molecule has 1 fully saturated rings. The molecule has 1 saturated heterocycles. The van der Waals surface area contributed by atoms with Crippen LogP contribution in [-0.2, 0) is 14.4 Å². The Morgan fingerprint density at radius 1 is 0.969 bits per heavy atom. The number of nitrogens with zero attached hydrogens (tertiary/aromatic N) is 3. The third kappa shape index (κ3) is 4.81. The molecule has 162 valence electrons.